The third kappa shape index (κ3) is 4.30. The molecule has 0 unspecified atom stereocenters. The summed E-state index contributed by atoms with van der Waals surface area (Å²) in [7, 11) is 0. The van der Waals surface area contributed by atoms with Gasteiger partial charge in [-0.2, -0.15) is 18.3 Å². The summed E-state index contributed by atoms with van der Waals surface area (Å²) in [6, 6.07) is 13.0. The third-order valence-electron chi connectivity index (χ3n) is 5.77. The Morgan fingerprint density at radius 1 is 0.939 bits per heavy atom. The van der Waals surface area contributed by atoms with Gasteiger partial charge in [0, 0.05) is 23.2 Å². The van der Waals surface area contributed by atoms with Gasteiger partial charge >= 0.3 is 6.18 Å². The van der Waals surface area contributed by atoms with Crippen LogP contribution in [0.1, 0.15) is 41.9 Å². The number of fused-ring (bicyclic) bond motifs is 1. The molecular formula is C25H21Cl2F3N2O. The van der Waals surface area contributed by atoms with E-state index in [2.05, 4.69) is 5.10 Å². The van der Waals surface area contributed by atoms with Gasteiger partial charge < -0.3 is 5.11 Å². The minimum atomic E-state index is -4.56. The van der Waals surface area contributed by atoms with Crippen molar-refractivity contribution in [3.63, 3.8) is 0 Å². The fourth-order valence-corrected chi connectivity index (χ4v) is 4.84. The molecule has 1 N–H and O–H groups in total. The summed E-state index contributed by atoms with van der Waals surface area (Å²) in [5.41, 5.74) is 2.52. The van der Waals surface area contributed by atoms with E-state index in [1.54, 1.807) is 10.7 Å². The Balaban J connectivity index is 1.90. The Morgan fingerprint density at radius 2 is 1.61 bits per heavy atom. The number of nitrogens with zero attached hydrogens (tertiary/aromatic N) is 2. The molecule has 0 atom stereocenters. The van der Waals surface area contributed by atoms with Gasteiger partial charge in [-0.3, -0.25) is 0 Å². The second-order valence-corrected chi connectivity index (χ2v) is 8.55. The largest absolute Gasteiger partial charge is 0.508 e. The Morgan fingerprint density at radius 3 is 2.21 bits per heavy atom. The van der Waals surface area contributed by atoms with Crippen LogP contribution in [0, 0.1) is 0 Å². The highest BCUT2D eigenvalue weighted by Crippen LogP contribution is 2.39. The van der Waals surface area contributed by atoms with Gasteiger partial charge in [-0.15, -0.1) is 0 Å². The molecule has 3 nitrogen and oxygen atoms in total. The number of aromatic nitrogens is 2. The van der Waals surface area contributed by atoms with Gasteiger partial charge in [0.15, 0.2) is 0 Å². The van der Waals surface area contributed by atoms with Crippen molar-refractivity contribution in [1.82, 2.24) is 9.78 Å². The molecule has 3 aromatic carbocycles. The third-order valence-corrected chi connectivity index (χ3v) is 6.34. The highest BCUT2D eigenvalue weighted by molar-refractivity contribution is 6.37. The fourth-order valence-electron chi connectivity index (χ4n) is 4.19. The first-order valence-electron chi connectivity index (χ1n) is 10.5. The van der Waals surface area contributed by atoms with Crippen LogP contribution in [-0.2, 0) is 25.4 Å². The minimum Gasteiger partial charge on any atom is -0.508 e. The van der Waals surface area contributed by atoms with Crippen molar-refractivity contribution in [3.05, 3.63) is 86.7 Å². The first kappa shape index (κ1) is 23.5. The summed E-state index contributed by atoms with van der Waals surface area (Å²) in [5, 5.41) is 17.0. The lowest BCUT2D eigenvalue weighted by Gasteiger charge is -2.15. The van der Waals surface area contributed by atoms with Crippen LogP contribution in [0.5, 0.6) is 5.75 Å². The molecule has 1 aromatic heterocycles. The van der Waals surface area contributed by atoms with E-state index in [1.165, 1.54) is 0 Å². The van der Waals surface area contributed by atoms with Gasteiger partial charge in [-0.25, -0.2) is 4.68 Å². The molecule has 0 bridgehead atoms. The molecule has 0 saturated carbocycles. The van der Waals surface area contributed by atoms with Gasteiger partial charge in [-0.05, 0) is 41.8 Å². The molecule has 4 rings (SSSR count). The smallest absolute Gasteiger partial charge is 0.416 e. The van der Waals surface area contributed by atoms with Crippen molar-refractivity contribution in [2.45, 2.75) is 39.3 Å². The zero-order chi connectivity index (χ0) is 23.9. The quantitative estimate of drug-likeness (QED) is 0.309. The number of benzene rings is 3. The molecule has 0 aliphatic heterocycles. The number of rotatable bonds is 5. The maximum absolute atomic E-state index is 13.2. The van der Waals surface area contributed by atoms with E-state index in [9.17, 15) is 18.3 Å². The van der Waals surface area contributed by atoms with Crippen molar-refractivity contribution in [3.8, 4) is 11.4 Å². The maximum atomic E-state index is 13.2. The highest BCUT2D eigenvalue weighted by Gasteiger charge is 2.33. The lowest BCUT2D eigenvalue weighted by Crippen LogP contribution is -2.09. The molecule has 0 fully saturated rings. The minimum absolute atomic E-state index is 0.130. The average Bonchev–Trinajstić information content (AvgIpc) is 3.11. The van der Waals surface area contributed by atoms with Crippen LogP contribution in [0.3, 0.4) is 0 Å². The normalized spacial score (nSPS) is 12.0. The van der Waals surface area contributed by atoms with Gasteiger partial charge in [0.1, 0.15) is 11.4 Å². The van der Waals surface area contributed by atoms with E-state index >= 15 is 0 Å². The lowest BCUT2D eigenvalue weighted by atomic mass is 9.95. The van der Waals surface area contributed by atoms with Crippen LogP contribution in [0.4, 0.5) is 13.2 Å². The summed E-state index contributed by atoms with van der Waals surface area (Å²) < 4.78 is 41.1. The van der Waals surface area contributed by atoms with E-state index in [1.807, 2.05) is 44.2 Å². The maximum Gasteiger partial charge on any atom is 0.416 e. The molecule has 0 saturated heterocycles. The second-order valence-electron chi connectivity index (χ2n) is 7.74. The van der Waals surface area contributed by atoms with Gasteiger partial charge in [0.2, 0.25) is 0 Å². The van der Waals surface area contributed by atoms with E-state index < -0.39 is 11.7 Å². The number of aromatic hydroxyl groups is 1. The fraction of sp³-hybridized carbons (Fsp3) is 0.240. The molecule has 0 aliphatic rings. The first-order chi connectivity index (χ1) is 15.7. The first-order valence-corrected chi connectivity index (χ1v) is 11.3. The zero-order valence-corrected chi connectivity index (χ0v) is 19.5. The van der Waals surface area contributed by atoms with E-state index in [-0.39, 0.29) is 21.5 Å². The summed E-state index contributed by atoms with van der Waals surface area (Å²) >= 11 is 12.6. The number of aryl methyl sites for hydroxylation is 1. The molecule has 4 aromatic rings. The number of phenols is 1. The second kappa shape index (κ2) is 8.92. The van der Waals surface area contributed by atoms with Gasteiger partial charge in [0.25, 0.3) is 0 Å². The zero-order valence-electron chi connectivity index (χ0n) is 18.0. The molecule has 0 spiro atoms. The number of hydrogen-bond donors (Lipinski definition) is 1. The molecule has 0 amide bonds. The van der Waals surface area contributed by atoms with Gasteiger partial charge in [0.05, 0.1) is 21.3 Å². The van der Waals surface area contributed by atoms with E-state index in [4.69, 9.17) is 23.2 Å². The van der Waals surface area contributed by atoms with Crippen molar-refractivity contribution in [2.75, 3.05) is 0 Å². The SMILES string of the molecule is CCc1nn(-c2c(Cl)cc(C(F)(F)F)cc2Cl)c(CC)c1Cc1c(O)ccc2ccccc12. The van der Waals surface area contributed by atoms with Crippen LogP contribution < -0.4 is 0 Å². The molecular weight excluding hydrogens is 472 g/mol. The lowest BCUT2D eigenvalue weighted by molar-refractivity contribution is -0.137. The summed E-state index contributed by atoms with van der Waals surface area (Å²) in [5.74, 6) is 0.177. The summed E-state index contributed by atoms with van der Waals surface area (Å²) in [6.45, 7) is 3.89. The Hall–Kier alpha value is -2.70. The van der Waals surface area contributed by atoms with Crippen LogP contribution in [0.25, 0.3) is 16.5 Å². The molecule has 0 aliphatic carbocycles. The highest BCUT2D eigenvalue weighted by atomic mass is 35.5. The number of phenolic OH excluding ortho intramolecular Hbond substituents is 1. The van der Waals surface area contributed by atoms with Gasteiger partial charge in [-0.1, -0.05) is 67.4 Å². The molecule has 172 valence electrons. The predicted molar refractivity (Wildman–Crippen MR) is 126 cm³/mol. The molecule has 1 heterocycles. The topological polar surface area (TPSA) is 38.0 Å². The Bertz CT molecular complexity index is 1320. The van der Waals surface area contributed by atoms with Crippen LogP contribution in [0.2, 0.25) is 10.0 Å². The van der Waals surface area contributed by atoms with Crippen molar-refractivity contribution < 1.29 is 18.3 Å². The van der Waals surface area contributed by atoms with Crippen LogP contribution in [0.15, 0.2) is 48.5 Å². The van der Waals surface area contributed by atoms with E-state index in [0.717, 1.165) is 45.4 Å². The predicted octanol–water partition coefficient (Wildman–Crippen LogP) is 7.77. The molecule has 8 heteroatoms. The van der Waals surface area contributed by atoms with Crippen molar-refractivity contribution in [2.24, 2.45) is 0 Å². The monoisotopic (exact) mass is 492 g/mol. The van der Waals surface area contributed by atoms with E-state index in [0.29, 0.717) is 19.3 Å². The van der Waals surface area contributed by atoms with Crippen molar-refractivity contribution >= 4 is 34.0 Å². The number of halogens is 5. The summed E-state index contributed by atoms with van der Waals surface area (Å²) in [4.78, 5) is 0. The Kier molecular flexibility index (Phi) is 6.34. The Labute approximate surface area is 199 Å². The van der Waals surface area contributed by atoms with Crippen LogP contribution in [-0.4, -0.2) is 14.9 Å². The van der Waals surface area contributed by atoms with Crippen molar-refractivity contribution in [1.29, 1.82) is 0 Å². The van der Waals surface area contributed by atoms with Crippen LogP contribution >= 0.6 is 23.2 Å². The average molecular weight is 493 g/mol. The number of alkyl halides is 3. The summed E-state index contributed by atoms with van der Waals surface area (Å²) in [6.07, 6.45) is -3.01. The molecule has 33 heavy (non-hydrogen) atoms. The molecule has 0 radical (unpaired) electrons. The standard InChI is InChI=1S/C25H21Cl2F3N2O/c1-3-21-18(13-17-16-8-6-5-7-14(16)9-10-23(17)33)22(4-2)32(31-21)24-19(26)11-15(12-20(24)27)25(28,29)30/h5-12,33H,3-4,13H2,1-2H3. The number of hydrogen-bond acceptors (Lipinski definition) is 2.